The molecule has 0 aromatic rings. The van der Waals surface area contributed by atoms with E-state index in [-0.39, 0.29) is 31.6 Å². The smallest absolute Gasteiger partial charge is 0.306 e. The van der Waals surface area contributed by atoms with Gasteiger partial charge in [0.2, 0.25) is 0 Å². The first-order valence-electron chi connectivity index (χ1n) is 24.4. The van der Waals surface area contributed by atoms with Crippen LogP contribution in [0.3, 0.4) is 0 Å². The lowest BCUT2D eigenvalue weighted by molar-refractivity contribution is -0.166. The molecule has 6 nitrogen and oxygen atoms in total. The van der Waals surface area contributed by atoms with E-state index in [4.69, 9.17) is 14.2 Å². The van der Waals surface area contributed by atoms with Gasteiger partial charge in [0, 0.05) is 19.3 Å². The molecule has 0 amide bonds. The summed E-state index contributed by atoms with van der Waals surface area (Å²) < 4.78 is 16.6. The van der Waals surface area contributed by atoms with E-state index in [2.05, 4.69) is 118 Å². The Morgan fingerprint density at radius 1 is 0.361 bits per heavy atom. The van der Waals surface area contributed by atoms with E-state index in [1.165, 1.54) is 51.4 Å². The molecule has 0 aromatic carbocycles. The van der Waals surface area contributed by atoms with E-state index in [9.17, 15) is 14.4 Å². The van der Waals surface area contributed by atoms with Crippen molar-refractivity contribution in [2.24, 2.45) is 0 Å². The lowest BCUT2D eigenvalue weighted by Gasteiger charge is -2.18. The molecular formula is C55H88O6. The third-order valence-corrected chi connectivity index (χ3v) is 9.78. The number of unbranched alkanes of at least 4 members (excludes halogenated alkanes) is 14. The van der Waals surface area contributed by atoms with Crippen LogP contribution in [0, 0.1) is 0 Å². The highest BCUT2D eigenvalue weighted by atomic mass is 16.6. The molecule has 0 N–H and O–H groups in total. The topological polar surface area (TPSA) is 78.9 Å². The van der Waals surface area contributed by atoms with Crippen molar-refractivity contribution >= 4 is 17.9 Å². The van der Waals surface area contributed by atoms with Crippen molar-refractivity contribution in [1.82, 2.24) is 0 Å². The summed E-state index contributed by atoms with van der Waals surface area (Å²) in [7, 11) is 0. The van der Waals surface area contributed by atoms with Crippen molar-refractivity contribution in [2.75, 3.05) is 13.2 Å². The third-order valence-electron chi connectivity index (χ3n) is 9.78. The van der Waals surface area contributed by atoms with Crippen LogP contribution in [0.4, 0.5) is 0 Å². The first kappa shape index (κ1) is 57.1. The molecule has 344 valence electrons. The number of ether oxygens (including phenoxy) is 3. The van der Waals surface area contributed by atoms with E-state index in [0.29, 0.717) is 25.7 Å². The van der Waals surface area contributed by atoms with Gasteiger partial charge in [0.1, 0.15) is 13.2 Å². The predicted octanol–water partition coefficient (Wildman–Crippen LogP) is 16.0. The molecule has 1 atom stereocenters. The minimum absolute atomic E-state index is 0.128. The van der Waals surface area contributed by atoms with E-state index in [1.54, 1.807) is 0 Å². The van der Waals surface area contributed by atoms with Crippen molar-refractivity contribution in [1.29, 1.82) is 0 Å². The summed E-state index contributed by atoms with van der Waals surface area (Å²) in [5.41, 5.74) is 0. The second-order valence-electron chi connectivity index (χ2n) is 15.6. The molecule has 0 aromatic heterocycles. The van der Waals surface area contributed by atoms with Gasteiger partial charge in [-0.3, -0.25) is 14.4 Å². The Kier molecular flexibility index (Phi) is 45.6. The van der Waals surface area contributed by atoms with E-state index in [0.717, 1.165) is 96.3 Å². The number of hydrogen-bond donors (Lipinski definition) is 0. The number of carbonyl (C=O) groups excluding carboxylic acids is 3. The maximum atomic E-state index is 12.7. The first-order chi connectivity index (χ1) is 30.0. The minimum atomic E-state index is -0.837. The van der Waals surface area contributed by atoms with Crippen LogP contribution in [0.2, 0.25) is 0 Å². The van der Waals surface area contributed by atoms with Crippen molar-refractivity contribution in [3.8, 4) is 0 Å². The lowest BCUT2D eigenvalue weighted by atomic mass is 10.1. The van der Waals surface area contributed by atoms with Gasteiger partial charge in [0.25, 0.3) is 0 Å². The summed E-state index contributed by atoms with van der Waals surface area (Å²) >= 11 is 0. The van der Waals surface area contributed by atoms with Crippen molar-refractivity contribution in [3.63, 3.8) is 0 Å². The van der Waals surface area contributed by atoms with Crippen LogP contribution in [0.1, 0.15) is 201 Å². The number of allylic oxidation sites excluding steroid dienone is 18. The summed E-state index contributed by atoms with van der Waals surface area (Å²) in [5, 5.41) is 0. The Labute approximate surface area is 374 Å². The molecular weight excluding hydrogens is 757 g/mol. The zero-order chi connectivity index (χ0) is 44.4. The molecule has 0 saturated heterocycles. The van der Waals surface area contributed by atoms with Crippen LogP contribution in [0.25, 0.3) is 0 Å². The molecule has 1 unspecified atom stereocenters. The lowest BCUT2D eigenvalue weighted by Crippen LogP contribution is -2.30. The highest BCUT2D eigenvalue weighted by Crippen LogP contribution is 2.11. The summed E-state index contributed by atoms with van der Waals surface area (Å²) in [6, 6.07) is 0. The molecule has 0 rings (SSSR count). The Balaban J connectivity index is 4.51. The average Bonchev–Trinajstić information content (AvgIpc) is 3.26. The molecule has 0 radical (unpaired) electrons. The van der Waals surface area contributed by atoms with E-state index < -0.39 is 12.1 Å². The van der Waals surface area contributed by atoms with Gasteiger partial charge in [-0.05, 0) is 103 Å². The van der Waals surface area contributed by atoms with Gasteiger partial charge in [-0.25, -0.2) is 0 Å². The molecule has 0 aliphatic heterocycles. The van der Waals surface area contributed by atoms with Gasteiger partial charge in [-0.2, -0.15) is 0 Å². The van der Waals surface area contributed by atoms with Gasteiger partial charge >= 0.3 is 17.9 Å². The molecule has 61 heavy (non-hydrogen) atoms. The van der Waals surface area contributed by atoms with Crippen LogP contribution in [0.5, 0.6) is 0 Å². The van der Waals surface area contributed by atoms with Crippen LogP contribution >= 0.6 is 0 Å². The van der Waals surface area contributed by atoms with Crippen LogP contribution < -0.4 is 0 Å². The Hall–Kier alpha value is -3.93. The van der Waals surface area contributed by atoms with Gasteiger partial charge in [0.05, 0.1) is 0 Å². The van der Waals surface area contributed by atoms with Crippen molar-refractivity contribution in [3.05, 3.63) is 109 Å². The predicted molar refractivity (Wildman–Crippen MR) is 260 cm³/mol. The molecule has 0 fully saturated rings. The fourth-order valence-corrected chi connectivity index (χ4v) is 6.16. The average molecular weight is 845 g/mol. The van der Waals surface area contributed by atoms with Gasteiger partial charge in [-0.15, -0.1) is 0 Å². The maximum absolute atomic E-state index is 12.7. The number of esters is 3. The first-order valence-corrected chi connectivity index (χ1v) is 24.4. The number of hydrogen-bond acceptors (Lipinski definition) is 6. The van der Waals surface area contributed by atoms with Gasteiger partial charge in [-0.1, -0.05) is 188 Å². The standard InChI is InChI=1S/C55H88O6/c1-4-7-10-13-16-19-21-23-25-27-28-30-31-33-36-39-42-45-48-54(57)60-51-52(50-59-53(56)47-44-41-38-35-18-15-12-9-6-3)61-55(58)49-46-43-40-37-34-32-29-26-24-22-20-17-14-11-8-5-2/h8-9,11-12,17-18,20,24-28,30,32,34-35,40,43,52H,4-7,10,13-16,19,21-23,29,31,33,36-39,41-42,44-51H2,1-3H3/b11-8-,12-9-,20-17-,26-24-,27-25-,30-28-,34-32-,35-18-,43-40-. The summed E-state index contributed by atoms with van der Waals surface area (Å²) in [6.07, 6.45) is 65.3. The fourth-order valence-electron chi connectivity index (χ4n) is 6.16. The van der Waals surface area contributed by atoms with Gasteiger partial charge < -0.3 is 14.2 Å². The normalized spacial score (nSPS) is 13.0. The molecule has 0 saturated carbocycles. The maximum Gasteiger partial charge on any atom is 0.306 e. The van der Waals surface area contributed by atoms with Crippen molar-refractivity contribution in [2.45, 2.75) is 207 Å². The highest BCUT2D eigenvalue weighted by molar-refractivity contribution is 5.71. The fraction of sp³-hybridized carbons (Fsp3) is 0.618. The molecule has 0 spiro atoms. The molecule has 0 aliphatic rings. The van der Waals surface area contributed by atoms with E-state index >= 15 is 0 Å². The molecule has 6 heteroatoms. The van der Waals surface area contributed by atoms with Crippen LogP contribution in [0.15, 0.2) is 109 Å². The van der Waals surface area contributed by atoms with Crippen LogP contribution in [-0.2, 0) is 28.6 Å². The summed E-state index contributed by atoms with van der Waals surface area (Å²) in [4.78, 5) is 37.8. The SMILES string of the molecule is CC/C=C\C/C=C\C/C=C\C/C=C\C/C=C\CCC(=O)OC(COC(=O)CCCC/C=C\C/C=C\CC)COC(=O)CCCCCCC/C=C\C=C/CCCCCCCCC. The third kappa shape index (κ3) is 47.0. The zero-order valence-corrected chi connectivity index (χ0v) is 39.1. The summed E-state index contributed by atoms with van der Waals surface area (Å²) in [6.45, 7) is 6.26. The second-order valence-corrected chi connectivity index (χ2v) is 15.6. The Morgan fingerprint density at radius 3 is 1.20 bits per heavy atom. The quantitative estimate of drug-likeness (QED) is 0.0200. The molecule has 0 heterocycles. The number of rotatable bonds is 42. The summed E-state index contributed by atoms with van der Waals surface area (Å²) in [5.74, 6) is -1.07. The largest absolute Gasteiger partial charge is 0.462 e. The molecule has 0 bridgehead atoms. The molecule has 0 aliphatic carbocycles. The highest BCUT2D eigenvalue weighted by Gasteiger charge is 2.19. The zero-order valence-electron chi connectivity index (χ0n) is 39.1. The van der Waals surface area contributed by atoms with Gasteiger partial charge in [0.15, 0.2) is 6.10 Å². The van der Waals surface area contributed by atoms with E-state index in [1.807, 2.05) is 12.2 Å². The van der Waals surface area contributed by atoms with Crippen molar-refractivity contribution < 1.29 is 28.6 Å². The Bertz CT molecular complexity index is 1290. The monoisotopic (exact) mass is 845 g/mol. The van der Waals surface area contributed by atoms with Crippen LogP contribution in [-0.4, -0.2) is 37.2 Å². The second kappa shape index (κ2) is 48.7. The minimum Gasteiger partial charge on any atom is -0.462 e. The Morgan fingerprint density at radius 2 is 0.721 bits per heavy atom. The number of carbonyl (C=O) groups is 3.